The summed E-state index contributed by atoms with van der Waals surface area (Å²) in [5.74, 6) is 1.53. The molecule has 94 valence electrons. The molecule has 1 aliphatic carbocycles. The van der Waals surface area contributed by atoms with Crippen molar-refractivity contribution in [2.45, 2.75) is 43.1 Å². The lowest BCUT2D eigenvalue weighted by Gasteiger charge is -2.38. The third-order valence-corrected chi connectivity index (χ3v) is 5.03. The van der Waals surface area contributed by atoms with Gasteiger partial charge < -0.3 is 5.32 Å². The smallest absolute Gasteiger partial charge is 0.187 e. The number of hydrogen-bond donors (Lipinski definition) is 1. The summed E-state index contributed by atoms with van der Waals surface area (Å²) in [6.07, 6.45) is 6.20. The Morgan fingerprint density at radius 1 is 1.24 bits per heavy atom. The summed E-state index contributed by atoms with van der Waals surface area (Å²) in [5.41, 5.74) is 0. The third kappa shape index (κ3) is 3.19. The van der Waals surface area contributed by atoms with Crippen LogP contribution in [-0.2, 0) is 0 Å². The summed E-state index contributed by atoms with van der Waals surface area (Å²) < 4.78 is 0. The molecule has 4 heteroatoms. The van der Waals surface area contributed by atoms with Gasteiger partial charge in [0.05, 0.1) is 0 Å². The second-order valence-electron chi connectivity index (χ2n) is 5.06. The minimum Gasteiger partial charge on any atom is -0.316 e. The van der Waals surface area contributed by atoms with E-state index >= 15 is 0 Å². The number of hydrogen-bond acceptors (Lipinski definition) is 4. The van der Waals surface area contributed by atoms with E-state index in [0.29, 0.717) is 17.2 Å². The molecular weight excluding hydrogens is 230 g/mol. The molecule has 4 unspecified atom stereocenters. The van der Waals surface area contributed by atoms with E-state index in [1.807, 2.05) is 30.2 Å². The van der Waals surface area contributed by atoms with Crippen LogP contribution in [0.5, 0.6) is 0 Å². The first-order chi connectivity index (χ1) is 8.20. The molecule has 1 aliphatic rings. The van der Waals surface area contributed by atoms with Crippen molar-refractivity contribution >= 4 is 11.8 Å². The van der Waals surface area contributed by atoms with Gasteiger partial charge in [0, 0.05) is 23.7 Å². The van der Waals surface area contributed by atoms with E-state index in [1.54, 1.807) is 0 Å². The quantitative estimate of drug-likeness (QED) is 0.838. The van der Waals surface area contributed by atoms with Crippen LogP contribution < -0.4 is 5.32 Å². The summed E-state index contributed by atoms with van der Waals surface area (Å²) in [6.45, 7) is 4.70. The lowest BCUT2D eigenvalue weighted by molar-refractivity contribution is 0.257. The average Bonchev–Trinajstić information content (AvgIpc) is 2.33. The van der Waals surface area contributed by atoms with Crippen LogP contribution >= 0.6 is 11.8 Å². The SMILES string of the molecule is CNC1CC(C)CC(C)C1Sc1ncccn1. The Balaban J connectivity index is 2.07. The molecule has 0 aromatic carbocycles. The predicted molar refractivity (Wildman–Crippen MR) is 72.1 cm³/mol. The second-order valence-corrected chi connectivity index (χ2v) is 6.21. The number of nitrogens with one attached hydrogen (secondary N) is 1. The van der Waals surface area contributed by atoms with Gasteiger partial charge in [0.2, 0.25) is 0 Å². The first kappa shape index (κ1) is 12.8. The standard InChI is InChI=1S/C13H21N3S/c1-9-7-10(2)12(11(8-9)14-3)17-13-15-5-4-6-16-13/h4-6,9-12,14H,7-8H2,1-3H3. The molecule has 0 saturated heterocycles. The van der Waals surface area contributed by atoms with Crippen LogP contribution in [0.25, 0.3) is 0 Å². The molecule has 0 aliphatic heterocycles. The minimum atomic E-state index is 0.572. The van der Waals surface area contributed by atoms with Gasteiger partial charge in [-0.15, -0.1) is 0 Å². The Morgan fingerprint density at radius 2 is 1.94 bits per heavy atom. The number of rotatable bonds is 3. The molecule has 1 saturated carbocycles. The molecule has 1 aromatic rings. The molecule has 2 rings (SSSR count). The molecule has 17 heavy (non-hydrogen) atoms. The maximum atomic E-state index is 4.32. The van der Waals surface area contributed by atoms with Crippen molar-refractivity contribution in [1.29, 1.82) is 0 Å². The van der Waals surface area contributed by atoms with Crippen LogP contribution in [0.3, 0.4) is 0 Å². The van der Waals surface area contributed by atoms with Gasteiger partial charge in [-0.25, -0.2) is 9.97 Å². The summed E-state index contributed by atoms with van der Waals surface area (Å²) in [5, 5.41) is 4.94. The zero-order valence-electron chi connectivity index (χ0n) is 10.8. The van der Waals surface area contributed by atoms with Crippen LogP contribution in [0.15, 0.2) is 23.6 Å². The average molecular weight is 251 g/mol. The van der Waals surface area contributed by atoms with Gasteiger partial charge >= 0.3 is 0 Å². The Kier molecular flexibility index (Phi) is 4.40. The van der Waals surface area contributed by atoms with E-state index in [4.69, 9.17) is 0 Å². The highest BCUT2D eigenvalue weighted by molar-refractivity contribution is 7.99. The van der Waals surface area contributed by atoms with Crippen molar-refractivity contribution in [3.8, 4) is 0 Å². The first-order valence-corrected chi connectivity index (χ1v) is 7.19. The fourth-order valence-electron chi connectivity index (χ4n) is 2.78. The van der Waals surface area contributed by atoms with Gasteiger partial charge in [-0.05, 0) is 37.8 Å². The monoisotopic (exact) mass is 251 g/mol. The van der Waals surface area contributed by atoms with Gasteiger partial charge in [-0.3, -0.25) is 0 Å². The van der Waals surface area contributed by atoms with E-state index in [9.17, 15) is 0 Å². The van der Waals surface area contributed by atoms with Crippen LogP contribution in [0.4, 0.5) is 0 Å². The van der Waals surface area contributed by atoms with Crippen molar-refractivity contribution in [3.05, 3.63) is 18.5 Å². The molecular formula is C13H21N3S. The fraction of sp³-hybridized carbons (Fsp3) is 0.692. The summed E-state index contributed by atoms with van der Waals surface area (Å²) in [4.78, 5) is 8.64. The summed E-state index contributed by atoms with van der Waals surface area (Å²) in [7, 11) is 2.06. The zero-order chi connectivity index (χ0) is 12.3. The van der Waals surface area contributed by atoms with E-state index in [0.717, 1.165) is 11.1 Å². The Bertz CT molecular complexity index is 344. The molecule has 3 nitrogen and oxygen atoms in total. The van der Waals surface area contributed by atoms with Crippen LogP contribution in [0.1, 0.15) is 26.7 Å². The molecule has 0 amide bonds. The topological polar surface area (TPSA) is 37.8 Å². The van der Waals surface area contributed by atoms with Gasteiger partial charge in [0.15, 0.2) is 5.16 Å². The van der Waals surface area contributed by atoms with E-state index in [-0.39, 0.29) is 0 Å². The summed E-state index contributed by atoms with van der Waals surface area (Å²) >= 11 is 1.82. The molecule has 0 bridgehead atoms. The van der Waals surface area contributed by atoms with E-state index in [1.165, 1.54) is 12.8 Å². The van der Waals surface area contributed by atoms with Crippen molar-refractivity contribution < 1.29 is 0 Å². The number of nitrogens with zero attached hydrogens (tertiary/aromatic N) is 2. The van der Waals surface area contributed by atoms with Gasteiger partial charge in [0.25, 0.3) is 0 Å². The maximum absolute atomic E-state index is 4.32. The lowest BCUT2D eigenvalue weighted by Crippen LogP contribution is -2.44. The highest BCUT2D eigenvalue weighted by atomic mass is 32.2. The largest absolute Gasteiger partial charge is 0.316 e. The van der Waals surface area contributed by atoms with Crippen LogP contribution in [0, 0.1) is 11.8 Å². The summed E-state index contributed by atoms with van der Waals surface area (Å²) in [6, 6.07) is 2.44. The zero-order valence-corrected chi connectivity index (χ0v) is 11.6. The van der Waals surface area contributed by atoms with Crippen LogP contribution in [0.2, 0.25) is 0 Å². The Labute approximate surface area is 108 Å². The van der Waals surface area contributed by atoms with Gasteiger partial charge in [-0.1, -0.05) is 25.6 Å². The van der Waals surface area contributed by atoms with Crippen molar-refractivity contribution in [3.63, 3.8) is 0 Å². The maximum Gasteiger partial charge on any atom is 0.187 e. The normalized spacial score (nSPS) is 33.6. The van der Waals surface area contributed by atoms with Gasteiger partial charge in [0.1, 0.15) is 0 Å². The minimum absolute atomic E-state index is 0.572. The molecule has 1 N–H and O–H groups in total. The number of aromatic nitrogens is 2. The van der Waals surface area contributed by atoms with E-state index < -0.39 is 0 Å². The first-order valence-electron chi connectivity index (χ1n) is 6.31. The third-order valence-electron chi connectivity index (χ3n) is 3.54. The second kappa shape index (κ2) is 5.83. The van der Waals surface area contributed by atoms with Crippen molar-refractivity contribution in [2.24, 2.45) is 11.8 Å². The van der Waals surface area contributed by atoms with Crippen molar-refractivity contribution in [2.75, 3.05) is 7.05 Å². The predicted octanol–water partition coefficient (Wildman–Crippen LogP) is 2.59. The molecule has 1 heterocycles. The molecule has 0 radical (unpaired) electrons. The van der Waals surface area contributed by atoms with Crippen molar-refractivity contribution in [1.82, 2.24) is 15.3 Å². The molecule has 1 fully saturated rings. The fourth-order valence-corrected chi connectivity index (χ4v) is 4.02. The Morgan fingerprint density at radius 3 is 2.59 bits per heavy atom. The number of thioether (sulfide) groups is 1. The molecule has 0 spiro atoms. The highest BCUT2D eigenvalue weighted by Crippen LogP contribution is 2.38. The van der Waals surface area contributed by atoms with Crippen LogP contribution in [-0.4, -0.2) is 28.3 Å². The lowest BCUT2D eigenvalue weighted by atomic mass is 9.80. The van der Waals surface area contributed by atoms with Gasteiger partial charge in [-0.2, -0.15) is 0 Å². The molecule has 4 atom stereocenters. The Hall–Kier alpha value is -0.610. The highest BCUT2D eigenvalue weighted by Gasteiger charge is 2.34. The molecule has 1 aromatic heterocycles. The van der Waals surface area contributed by atoms with E-state index in [2.05, 4.69) is 36.2 Å².